The molecule has 180 valence electrons. The largest absolute Gasteiger partial charge is 0.487 e. The summed E-state index contributed by atoms with van der Waals surface area (Å²) in [6.45, 7) is 0.499. The summed E-state index contributed by atoms with van der Waals surface area (Å²) in [7, 11) is 0. The van der Waals surface area contributed by atoms with Crippen LogP contribution in [0.2, 0.25) is 0 Å². The molecule has 0 fully saturated rings. The van der Waals surface area contributed by atoms with Crippen LogP contribution in [0, 0.1) is 0 Å². The van der Waals surface area contributed by atoms with E-state index in [4.69, 9.17) is 9.72 Å². The number of benzene rings is 4. The first kappa shape index (κ1) is 22.1. The van der Waals surface area contributed by atoms with Gasteiger partial charge < -0.3 is 4.74 Å². The highest BCUT2D eigenvalue weighted by Gasteiger charge is 2.12. The van der Waals surface area contributed by atoms with Crippen LogP contribution in [0.3, 0.4) is 0 Å². The van der Waals surface area contributed by atoms with Gasteiger partial charge in [-0.3, -0.25) is 9.97 Å². The van der Waals surface area contributed by atoms with Gasteiger partial charge in [0.05, 0.1) is 16.7 Å². The molecule has 0 saturated heterocycles. The second-order valence-electron chi connectivity index (χ2n) is 9.27. The molecule has 0 aliphatic carbocycles. The quantitative estimate of drug-likeness (QED) is 0.228. The number of ether oxygens (including phenoxy) is 1. The first-order valence-corrected chi connectivity index (χ1v) is 12.6. The minimum Gasteiger partial charge on any atom is -0.487 e. The zero-order valence-electron chi connectivity index (χ0n) is 20.6. The van der Waals surface area contributed by atoms with Crippen LogP contribution in [-0.2, 0) is 6.61 Å². The predicted octanol–water partition coefficient (Wildman–Crippen LogP) is 8.24. The molecule has 4 aromatic carbocycles. The van der Waals surface area contributed by atoms with Crippen molar-refractivity contribution < 1.29 is 4.74 Å². The smallest absolute Gasteiger partial charge is 0.146 e. The highest BCUT2D eigenvalue weighted by molar-refractivity contribution is 6.03. The lowest BCUT2D eigenvalue weighted by atomic mass is 9.97. The zero-order valence-corrected chi connectivity index (χ0v) is 20.6. The summed E-state index contributed by atoms with van der Waals surface area (Å²) in [4.78, 5) is 14.3. The number of aromatic nitrogens is 3. The van der Waals surface area contributed by atoms with E-state index in [0.29, 0.717) is 6.61 Å². The average Bonchev–Trinajstić information content (AvgIpc) is 3.00. The summed E-state index contributed by atoms with van der Waals surface area (Å²) >= 11 is 0. The van der Waals surface area contributed by atoms with Crippen molar-refractivity contribution in [1.82, 2.24) is 15.0 Å². The molecule has 4 nitrogen and oxygen atoms in total. The van der Waals surface area contributed by atoms with E-state index >= 15 is 0 Å². The fraction of sp³-hybridized carbons (Fsp3) is 0.0294. The molecule has 0 atom stereocenters. The maximum atomic E-state index is 6.19. The van der Waals surface area contributed by atoms with Crippen LogP contribution in [0.5, 0.6) is 5.75 Å². The Morgan fingerprint density at radius 3 is 2.21 bits per heavy atom. The Bertz CT molecular complexity index is 1930. The molecule has 0 saturated carbocycles. The summed E-state index contributed by atoms with van der Waals surface area (Å²) in [6.07, 6.45) is 3.64. The van der Waals surface area contributed by atoms with Gasteiger partial charge in [-0.15, -0.1) is 0 Å². The molecule has 0 aliphatic heterocycles. The van der Waals surface area contributed by atoms with Crippen molar-refractivity contribution in [2.75, 3.05) is 0 Å². The third-order valence-electron chi connectivity index (χ3n) is 6.87. The number of fused-ring (bicyclic) bond motifs is 4. The Labute approximate surface area is 220 Å². The standard InChI is InChI=1S/C34H23N3O/c1-2-7-23(8-3-1)22-38-31-18-16-28(29-12-6-20-36-34(29)31)26-9-4-10-27(21-26)30-17-15-25-14-13-24-11-5-19-35-32(24)33(25)37-30/h1-21H,22H2. The van der Waals surface area contributed by atoms with Crippen molar-refractivity contribution in [2.24, 2.45) is 0 Å². The van der Waals surface area contributed by atoms with Gasteiger partial charge in [-0.05, 0) is 53.1 Å². The summed E-state index contributed by atoms with van der Waals surface area (Å²) in [5.74, 6) is 0.778. The molecule has 0 bridgehead atoms. The first-order chi connectivity index (χ1) is 18.8. The fourth-order valence-electron chi connectivity index (χ4n) is 4.98. The zero-order chi connectivity index (χ0) is 25.3. The Morgan fingerprint density at radius 2 is 1.32 bits per heavy atom. The van der Waals surface area contributed by atoms with Gasteiger partial charge in [0, 0.05) is 34.1 Å². The maximum Gasteiger partial charge on any atom is 0.146 e. The number of hydrogen-bond donors (Lipinski definition) is 0. The molecule has 3 aromatic heterocycles. The molecular formula is C34H23N3O. The molecule has 4 heteroatoms. The monoisotopic (exact) mass is 489 g/mol. The van der Waals surface area contributed by atoms with Crippen molar-refractivity contribution in [1.29, 1.82) is 0 Å². The van der Waals surface area contributed by atoms with Gasteiger partial charge >= 0.3 is 0 Å². The second kappa shape index (κ2) is 9.41. The summed E-state index contributed by atoms with van der Waals surface area (Å²) in [6, 6.07) is 39.3. The minimum atomic E-state index is 0.499. The Morgan fingerprint density at radius 1 is 0.553 bits per heavy atom. The summed E-state index contributed by atoms with van der Waals surface area (Å²) < 4.78 is 6.19. The third kappa shape index (κ3) is 4.02. The Balaban J connectivity index is 1.29. The van der Waals surface area contributed by atoms with Crippen LogP contribution in [0.1, 0.15) is 5.56 Å². The van der Waals surface area contributed by atoms with Gasteiger partial charge in [-0.25, -0.2) is 4.98 Å². The molecule has 0 amide bonds. The molecule has 7 aromatic rings. The second-order valence-corrected chi connectivity index (χ2v) is 9.27. The molecule has 7 rings (SSSR count). The molecular weight excluding hydrogens is 466 g/mol. The van der Waals surface area contributed by atoms with Gasteiger partial charge in [0.2, 0.25) is 0 Å². The molecule has 3 heterocycles. The molecule has 0 spiro atoms. The highest BCUT2D eigenvalue weighted by atomic mass is 16.5. The van der Waals surface area contributed by atoms with Crippen molar-refractivity contribution >= 4 is 32.7 Å². The van der Waals surface area contributed by atoms with Crippen molar-refractivity contribution in [3.05, 3.63) is 133 Å². The number of rotatable bonds is 5. The van der Waals surface area contributed by atoms with Crippen LogP contribution < -0.4 is 4.74 Å². The molecule has 0 N–H and O–H groups in total. The van der Waals surface area contributed by atoms with E-state index in [1.807, 2.05) is 48.8 Å². The fourth-order valence-corrected chi connectivity index (χ4v) is 4.98. The normalized spacial score (nSPS) is 11.3. The highest BCUT2D eigenvalue weighted by Crippen LogP contribution is 2.35. The molecule has 0 radical (unpaired) electrons. The van der Waals surface area contributed by atoms with E-state index in [9.17, 15) is 0 Å². The first-order valence-electron chi connectivity index (χ1n) is 12.6. The van der Waals surface area contributed by atoms with Crippen molar-refractivity contribution in [3.8, 4) is 28.1 Å². The SMILES string of the molecule is c1ccc(COc2ccc(-c3cccc(-c4ccc5ccc6cccnc6c5n4)c3)c3cccnc23)cc1. The van der Waals surface area contributed by atoms with E-state index in [1.165, 1.54) is 0 Å². The lowest BCUT2D eigenvalue weighted by Crippen LogP contribution is -1.97. The molecule has 0 unspecified atom stereocenters. The lowest BCUT2D eigenvalue weighted by molar-refractivity contribution is 0.309. The van der Waals surface area contributed by atoms with Gasteiger partial charge in [-0.1, -0.05) is 78.9 Å². The van der Waals surface area contributed by atoms with E-state index in [2.05, 4.69) is 88.8 Å². The summed E-state index contributed by atoms with van der Waals surface area (Å²) in [5, 5.41) is 3.23. The van der Waals surface area contributed by atoms with E-state index in [0.717, 1.165) is 66.4 Å². The third-order valence-corrected chi connectivity index (χ3v) is 6.87. The predicted molar refractivity (Wildman–Crippen MR) is 154 cm³/mol. The minimum absolute atomic E-state index is 0.499. The Kier molecular flexibility index (Phi) is 5.48. The van der Waals surface area contributed by atoms with Crippen LogP contribution in [-0.4, -0.2) is 15.0 Å². The van der Waals surface area contributed by atoms with Gasteiger partial charge in [-0.2, -0.15) is 0 Å². The van der Waals surface area contributed by atoms with E-state index < -0.39 is 0 Å². The van der Waals surface area contributed by atoms with E-state index in [1.54, 1.807) is 0 Å². The number of nitrogens with zero attached hydrogens (tertiary/aromatic N) is 3. The summed E-state index contributed by atoms with van der Waals surface area (Å²) in [5.41, 5.74) is 8.00. The van der Waals surface area contributed by atoms with Crippen LogP contribution >= 0.6 is 0 Å². The van der Waals surface area contributed by atoms with Gasteiger partial charge in [0.25, 0.3) is 0 Å². The van der Waals surface area contributed by atoms with Crippen molar-refractivity contribution in [2.45, 2.75) is 6.61 Å². The molecule has 0 aliphatic rings. The molecule has 38 heavy (non-hydrogen) atoms. The van der Waals surface area contributed by atoms with Gasteiger partial charge in [0.1, 0.15) is 17.9 Å². The number of pyridine rings is 3. The van der Waals surface area contributed by atoms with Crippen LogP contribution in [0.15, 0.2) is 128 Å². The van der Waals surface area contributed by atoms with Gasteiger partial charge in [0.15, 0.2) is 0 Å². The maximum absolute atomic E-state index is 6.19. The topological polar surface area (TPSA) is 47.9 Å². The number of hydrogen-bond acceptors (Lipinski definition) is 4. The average molecular weight is 490 g/mol. The van der Waals surface area contributed by atoms with E-state index in [-0.39, 0.29) is 0 Å². The van der Waals surface area contributed by atoms with Crippen molar-refractivity contribution in [3.63, 3.8) is 0 Å². The van der Waals surface area contributed by atoms with Crippen LogP contribution in [0.25, 0.3) is 55.1 Å². The lowest BCUT2D eigenvalue weighted by Gasteiger charge is -2.13. The Hall–Kier alpha value is -5.09. The van der Waals surface area contributed by atoms with Crippen LogP contribution in [0.4, 0.5) is 0 Å².